The first kappa shape index (κ1) is 21.0. The molecular formula is C19H27FN2O3. The fraction of sp³-hybridized carbons (Fsp3) is 0.526. The second kappa shape index (κ2) is 10.0. The molecule has 138 valence electrons. The van der Waals surface area contributed by atoms with Crippen LogP contribution in [-0.4, -0.2) is 30.1 Å². The molecule has 6 heteroatoms. The van der Waals surface area contributed by atoms with E-state index in [0.29, 0.717) is 12.0 Å². The SMILES string of the molecule is CCC(=O)C(C(C)C)[C@H](N)C(=O)NCCC(=O)C(F)c1ccccc1. The van der Waals surface area contributed by atoms with Crippen LogP contribution in [0.4, 0.5) is 4.39 Å². The van der Waals surface area contributed by atoms with Crippen molar-refractivity contribution in [3.8, 4) is 0 Å². The maximum absolute atomic E-state index is 14.1. The van der Waals surface area contributed by atoms with Gasteiger partial charge in [0.1, 0.15) is 5.78 Å². The number of hydrogen-bond acceptors (Lipinski definition) is 4. The van der Waals surface area contributed by atoms with Gasteiger partial charge in [-0.15, -0.1) is 0 Å². The number of hydrogen-bond donors (Lipinski definition) is 2. The van der Waals surface area contributed by atoms with Gasteiger partial charge in [0.25, 0.3) is 0 Å². The van der Waals surface area contributed by atoms with Crippen LogP contribution >= 0.6 is 0 Å². The first-order valence-corrected chi connectivity index (χ1v) is 8.57. The van der Waals surface area contributed by atoms with Gasteiger partial charge in [-0.25, -0.2) is 4.39 Å². The molecule has 0 spiro atoms. The van der Waals surface area contributed by atoms with Crippen LogP contribution in [0.25, 0.3) is 0 Å². The van der Waals surface area contributed by atoms with Crippen LogP contribution in [0.2, 0.25) is 0 Å². The summed E-state index contributed by atoms with van der Waals surface area (Å²) in [5.74, 6) is -1.81. The molecule has 1 amide bonds. The summed E-state index contributed by atoms with van der Waals surface area (Å²) in [6.07, 6.45) is -1.54. The minimum atomic E-state index is -1.71. The third-order valence-electron chi connectivity index (χ3n) is 4.17. The van der Waals surface area contributed by atoms with Gasteiger partial charge >= 0.3 is 0 Å². The van der Waals surface area contributed by atoms with Gasteiger partial charge in [-0.3, -0.25) is 14.4 Å². The Morgan fingerprint density at radius 3 is 2.24 bits per heavy atom. The van der Waals surface area contributed by atoms with E-state index in [1.165, 1.54) is 0 Å². The lowest BCUT2D eigenvalue weighted by molar-refractivity contribution is -0.132. The molecule has 0 saturated heterocycles. The average molecular weight is 350 g/mol. The standard InChI is InChI=1S/C19H27FN2O3/c1-4-14(23)16(12(2)3)18(21)19(25)22-11-10-15(24)17(20)13-8-6-5-7-9-13/h5-9,12,16-18H,4,10-11,21H2,1-3H3,(H,22,25)/t16?,17?,18-/m0/s1. The van der Waals surface area contributed by atoms with Crippen LogP contribution in [0.15, 0.2) is 30.3 Å². The van der Waals surface area contributed by atoms with Gasteiger partial charge in [0.2, 0.25) is 5.91 Å². The lowest BCUT2D eigenvalue weighted by Crippen LogP contribution is -2.50. The van der Waals surface area contributed by atoms with Crippen molar-refractivity contribution in [1.82, 2.24) is 5.32 Å². The van der Waals surface area contributed by atoms with Gasteiger partial charge in [0.05, 0.1) is 6.04 Å². The molecule has 0 fully saturated rings. The zero-order valence-electron chi connectivity index (χ0n) is 15.0. The van der Waals surface area contributed by atoms with E-state index < -0.39 is 29.8 Å². The number of benzene rings is 1. The van der Waals surface area contributed by atoms with E-state index in [9.17, 15) is 18.8 Å². The molecule has 0 aliphatic rings. The molecule has 1 aromatic rings. The maximum Gasteiger partial charge on any atom is 0.237 e. The molecule has 0 radical (unpaired) electrons. The number of rotatable bonds is 10. The summed E-state index contributed by atoms with van der Waals surface area (Å²) in [5.41, 5.74) is 6.21. The Balaban J connectivity index is 2.53. The Kier molecular flexibility index (Phi) is 8.41. The number of nitrogens with one attached hydrogen (secondary N) is 1. The summed E-state index contributed by atoms with van der Waals surface area (Å²) in [5, 5.41) is 2.53. The first-order valence-electron chi connectivity index (χ1n) is 8.57. The average Bonchev–Trinajstić information content (AvgIpc) is 2.60. The number of amides is 1. The molecule has 5 nitrogen and oxygen atoms in total. The lowest BCUT2D eigenvalue weighted by Gasteiger charge is -2.25. The van der Waals surface area contributed by atoms with E-state index in [1.54, 1.807) is 37.3 Å². The van der Waals surface area contributed by atoms with Crippen LogP contribution in [0.1, 0.15) is 45.3 Å². The highest BCUT2D eigenvalue weighted by atomic mass is 19.1. The fourth-order valence-corrected chi connectivity index (χ4v) is 2.75. The number of Topliss-reactive ketones (excluding diaryl/α,β-unsaturated/α-hetero) is 2. The molecule has 3 N–H and O–H groups in total. The molecule has 0 heterocycles. The van der Waals surface area contributed by atoms with Crippen molar-refractivity contribution in [3.63, 3.8) is 0 Å². The molecule has 0 aliphatic heterocycles. The lowest BCUT2D eigenvalue weighted by atomic mass is 9.84. The largest absolute Gasteiger partial charge is 0.354 e. The summed E-state index contributed by atoms with van der Waals surface area (Å²) in [6.45, 7) is 5.39. The molecule has 0 saturated carbocycles. The van der Waals surface area contributed by atoms with Gasteiger partial charge < -0.3 is 11.1 Å². The molecule has 25 heavy (non-hydrogen) atoms. The van der Waals surface area contributed by atoms with Gasteiger partial charge in [0.15, 0.2) is 12.0 Å². The van der Waals surface area contributed by atoms with Crippen molar-refractivity contribution in [1.29, 1.82) is 0 Å². The van der Waals surface area contributed by atoms with Gasteiger partial charge in [-0.1, -0.05) is 51.1 Å². The third-order valence-corrected chi connectivity index (χ3v) is 4.17. The number of alkyl halides is 1. The van der Waals surface area contributed by atoms with Gasteiger partial charge in [-0.2, -0.15) is 0 Å². The Labute approximate surface area is 148 Å². The second-order valence-electron chi connectivity index (χ2n) is 6.40. The zero-order valence-corrected chi connectivity index (χ0v) is 15.0. The highest BCUT2D eigenvalue weighted by molar-refractivity contribution is 5.91. The van der Waals surface area contributed by atoms with E-state index in [4.69, 9.17) is 5.73 Å². The van der Waals surface area contributed by atoms with Crippen molar-refractivity contribution in [2.75, 3.05) is 6.54 Å². The van der Waals surface area contributed by atoms with Crippen molar-refractivity contribution in [3.05, 3.63) is 35.9 Å². The van der Waals surface area contributed by atoms with Crippen LogP contribution in [0, 0.1) is 11.8 Å². The maximum atomic E-state index is 14.1. The summed E-state index contributed by atoms with van der Waals surface area (Å²) < 4.78 is 14.1. The highest BCUT2D eigenvalue weighted by Gasteiger charge is 2.32. The quantitative estimate of drug-likeness (QED) is 0.678. The van der Waals surface area contributed by atoms with Crippen LogP contribution in [-0.2, 0) is 14.4 Å². The molecule has 2 unspecified atom stereocenters. The number of ketones is 2. The van der Waals surface area contributed by atoms with Gasteiger partial charge in [-0.05, 0) is 11.5 Å². The van der Waals surface area contributed by atoms with Crippen molar-refractivity contribution in [2.24, 2.45) is 17.6 Å². The Morgan fingerprint density at radius 1 is 1.12 bits per heavy atom. The second-order valence-corrected chi connectivity index (χ2v) is 6.40. The zero-order chi connectivity index (χ0) is 19.0. The summed E-state index contributed by atoms with van der Waals surface area (Å²) in [6, 6.07) is 7.17. The molecule has 0 bridgehead atoms. The van der Waals surface area contributed by atoms with E-state index in [2.05, 4.69) is 5.32 Å². The van der Waals surface area contributed by atoms with Crippen molar-refractivity contribution >= 4 is 17.5 Å². The number of carbonyl (C=O) groups excluding carboxylic acids is 3. The minimum absolute atomic E-state index is 0.0102. The monoisotopic (exact) mass is 350 g/mol. The van der Waals surface area contributed by atoms with Crippen LogP contribution in [0.5, 0.6) is 0 Å². The van der Waals surface area contributed by atoms with Crippen molar-refractivity contribution < 1.29 is 18.8 Å². The molecule has 3 atom stereocenters. The topological polar surface area (TPSA) is 89.3 Å². The highest BCUT2D eigenvalue weighted by Crippen LogP contribution is 2.19. The summed E-state index contributed by atoms with van der Waals surface area (Å²) in [7, 11) is 0. The van der Waals surface area contributed by atoms with Crippen LogP contribution in [0.3, 0.4) is 0 Å². The van der Waals surface area contributed by atoms with E-state index >= 15 is 0 Å². The molecule has 0 aliphatic carbocycles. The predicted octanol–water partition coefficient (Wildman–Crippen LogP) is 2.35. The van der Waals surface area contributed by atoms with E-state index in [1.807, 2.05) is 13.8 Å². The van der Waals surface area contributed by atoms with E-state index in [0.717, 1.165) is 0 Å². The molecule has 0 aromatic heterocycles. The molecule has 1 aromatic carbocycles. The fourth-order valence-electron chi connectivity index (χ4n) is 2.75. The first-order chi connectivity index (χ1) is 11.8. The van der Waals surface area contributed by atoms with Gasteiger partial charge in [0, 0.05) is 25.3 Å². The summed E-state index contributed by atoms with van der Waals surface area (Å²) >= 11 is 0. The Morgan fingerprint density at radius 2 is 1.72 bits per heavy atom. The third kappa shape index (κ3) is 6.05. The minimum Gasteiger partial charge on any atom is -0.354 e. The Hall–Kier alpha value is -2.08. The normalized spacial score (nSPS) is 14.6. The van der Waals surface area contributed by atoms with Crippen molar-refractivity contribution in [2.45, 2.75) is 45.8 Å². The Bertz CT molecular complexity index is 590. The summed E-state index contributed by atoms with van der Waals surface area (Å²) in [4.78, 5) is 36.0. The number of halogens is 1. The van der Waals surface area contributed by atoms with Crippen LogP contribution < -0.4 is 11.1 Å². The molecular weight excluding hydrogens is 323 g/mol. The molecule has 1 rings (SSSR count). The number of nitrogens with two attached hydrogens (primary N) is 1. The number of carbonyl (C=O) groups is 3. The smallest absolute Gasteiger partial charge is 0.237 e. The predicted molar refractivity (Wildman–Crippen MR) is 94.5 cm³/mol. The van der Waals surface area contributed by atoms with E-state index in [-0.39, 0.29) is 24.7 Å².